The van der Waals surface area contributed by atoms with E-state index in [4.69, 9.17) is 9.84 Å². The topological polar surface area (TPSA) is 29.5 Å². The van der Waals surface area contributed by atoms with Gasteiger partial charge in [0.25, 0.3) is 0 Å². The summed E-state index contributed by atoms with van der Waals surface area (Å²) in [6.07, 6.45) is 18.3. The van der Waals surface area contributed by atoms with Crippen LogP contribution in [0.1, 0.15) is 111 Å². The van der Waals surface area contributed by atoms with Crippen LogP contribution in [0.25, 0.3) is 0 Å². The van der Waals surface area contributed by atoms with Crippen LogP contribution < -0.4 is 0 Å². The molecule has 0 saturated carbocycles. The smallest absolute Gasteiger partial charge is 0.144 e. The maximum Gasteiger partial charge on any atom is 0.144 e. The van der Waals surface area contributed by atoms with Gasteiger partial charge in [-0.15, -0.1) is 0 Å². The standard InChI is InChI=1S/C19H40O2/c1-4-7-8-9-10-11-12-13-14-15-16-17-19(5-2,6-3)21-18-20/h20H,4-18H2,1-3H3. The molecule has 2 heteroatoms. The maximum atomic E-state index is 9.02. The third-order valence-electron chi connectivity index (χ3n) is 4.90. The van der Waals surface area contributed by atoms with Gasteiger partial charge in [0.15, 0.2) is 0 Å². The number of aliphatic hydroxyl groups excluding tert-OH is 1. The quantitative estimate of drug-likeness (QED) is 0.271. The van der Waals surface area contributed by atoms with Crippen LogP contribution in [0, 0.1) is 0 Å². The molecule has 128 valence electrons. The SMILES string of the molecule is CCCCCCCCCCCCCC(CC)(CC)OCO. The third-order valence-corrected chi connectivity index (χ3v) is 4.90. The van der Waals surface area contributed by atoms with Crippen molar-refractivity contribution in [2.45, 2.75) is 116 Å². The highest BCUT2D eigenvalue weighted by Crippen LogP contribution is 2.27. The molecule has 0 spiro atoms. The normalized spacial score (nSPS) is 12.0. The lowest BCUT2D eigenvalue weighted by molar-refractivity contribution is -0.125. The first-order valence-electron chi connectivity index (χ1n) is 9.49. The van der Waals surface area contributed by atoms with Crippen molar-refractivity contribution in [3.63, 3.8) is 0 Å². The van der Waals surface area contributed by atoms with Crippen LogP contribution in [0.15, 0.2) is 0 Å². The molecule has 0 amide bonds. The predicted octanol–water partition coefficient (Wildman–Crippen LogP) is 6.21. The summed E-state index contributed by atoms with van der Waals surface area (Å²) in [5.41, 5.74) is -0.0754. The van der Waals surface area contributed by atoms with Gasteiger partial charge in [-0.3, -0.25) is 0 Å². The third kappa shape index (κ3) is 11.2. The van der Waals surface area contributed by atoms with Crippen molar-refractivity contribution in [2.24, 2.45) is 0 Å². The van der Waals surface area contributed by atoms with Gasteiger partial charge in [-0.25, -0.2) is 0 Å². The van der Waals surface area contributed by atoms with Gasteiger partial charge in [-0.2, -0.15) is 0 Å². The van der Waals surface area contributed by atoms with Gasteiger partial charge in [-0.1, -0.05) is 91.4 Å². The molecule has 2 nitrogen and oxygen atoms in total. The van der Waals surface area contributed by atoms with E-state index < -0.39 is 0 Å². The Morgan fingerprint density at radius 3 is 1.48 bits per heavy atom. The first kappa shape index (κ1) is 20.9. The average molecular weight is 301 g/mol. The van der Waals surface area contributed by atoms with Crippen molar-refractivity contribution in [1.29, 1.82) is 0 Å². The number of unbranched alkanes of at least 4 members (excludes halogenated alkanes) is 10. The van der Waals surface area contributed by atoms with Gasteiger partial charge in [0, 0.05) is 0 Å². The molecule has 0 aromatic carbocycles. The van der Waals surface area contributed by atoms with Crippen molar-refractivity contribution in [3.8, 4) is 0 Å². The van der Waals surface area contributed by atoms with E-state index in [1.807, 2.05) is 0 Å². The molecule has 0 bridgehead atoms. The Labute approximate surface area is 133 Å². The summed E-state index contributed by atoms with van der Waals surface area (Å²) < 4.78 is 5.58. The monoisotopic (exact) mass is 300 g/mol. The lowest BCUT2D eigenvalue weighted by atomic mass is 9.90. The van der Waals surface area contributed by atoms with E-state index in [0.29, 0.717) is 0 Å². The molecule has 0 aromatic heterocycles. The Kier molecular flexibility index (Phi) is 14.8. The van der Waals surface area contributed by atoms with Crippen molar-refractivity contribution in [1.82, 2.24) is 0 Å². The molecule has 0 radical (unpaired) electrons. The van der Waals surface area contributed by atoms with Gasteiger partial charge in [0.1, 0.15) is 6.79 Å². The Morgan fingerprint density at radius 1 is 0.667 bits per heavy atom. The number of hydrogen-bond donors (Lipinski definition) is 1. The molecule has 0 heterocycles. The Morgan fingerprint density at radius 2 is 1.10 bits per heavy atom. The second-order valence-corrected chi connectivity index (χ2v) is 6.45. The minimum Gasteiger partial charge on any atom is -0.371 e. The Hall–Kier alpha value is -0.0800. The highest BCUT2D eigenvalue weighted by molar-refractivity contribution is 4.77. The minimum atomic E-state index is -0.139. The van der Waals surface area contributed by atoms with E-state index in [1.165, 1.54) is 70.6 Å². The van der Waals surface area contributed by atoms with E-state index in [2.05, 4.69) is 20.8 Å². The van der Waals surface area contributed by atoms with Crippen LogP contribution in [-0.4, -0.2) is 17.5 Å². The lowest BCUT2D eigenvalue weighted by Crippen LogP contribution is -2.31. The fourth-order valence-corrected chi connectivity index (χ4v) is 3.13. The van der Waals surface area contributed by atoms with Crippen LogP contribution in [0.4, 0.5) is 0 Å². The Bertz CT molecular complexity index is 200. The van der Waals surface area contributed by atoms with Crippen molar-refractivity contribution in [3.05, 3.63) is 0 Å². The second-order valence-electron chi connectivity index (χ2n) is 6.45. The highest BCUT2D eigenvalue weighted by Gasteiger charge is 2.25. The van der Waals surface area contributed by atoms with E-state index in [1.54, 1.807) is 0 Å². The van der Waals surface area contributed by atoms with Gasteiger partial charge in [0.05, 0.1) is 5.60 Å². The van der Waals surface area contributed by atoms with Gasteiger partial charge in [0.2, 0.25) is 0 Å². The van der Waals surface area contributed by atoms with E-state index >= 15 is 0 Å². The number of ether oxygens (including phenoxy) is 1. The van der Waals surface area contributed by atoms with Gasteiger partial charge in [-0.05, 0) is 19.3 Å². The molecular formula is C19H40O2. The van der Waals surface area contributed by atoms with Crippen LogP contribution in [0.5, 0.6) is 0 Å². The zero-order chi connectivity index (χ0) is 15.8. The summed E-state index contributed by atoms with van der Waals surface area (Å²) in [7, 11) is 0. The molecule has 0 unspecified atom stereocenters. The summed E-state index contributed by atoms with van der Waals surface area (Å²) in [4.78, 5) is 0. The fourth-order valence-electron chi connectivity index (χ4n) is 3.13. The molecule has 0 rings (SSSR count). The van der Waals surface area contributed by atoms with Crippen LogP contribution >= 0.6 is 0 Å². The van der Waals surface area contributed by atoms with Crippen molar-refractivity contribution >= 4 is 0 Å². The molecule has 0 fully saturated rings. The number of aliphatic hydroxyl groups is 1. The summed E-state index contributed by atoms with van der Waals surface area (Å²) in [5.74, 6) is 0. The van der Waals surface area contributed by atoms with E-state index in [9.17, 15) is 0 Å². The summed E-state index contributed by atoms with van der Waals surface area (Å²) >= 11 is 0. The first-order valence-corrected chi connectivity index (χ1v) is 9.49. The van der Waals surface area contributed by atoms with E-state index in [0.717, 1.165) is 19.3 Å². The van der Waals surface area contributed by atoms with Crippen molar-refractivity contribution in [2.75, 3.05) is 6.79 Å². The second kappa shape index (κ2) is 14.8. The van der Waals surface area contributed by atoms with Crippen LogP contribution in [-0.2, 0) is 4.74 Å². The number of rotatable bonds is 16. The van der Waals surface area contributed by atoms with Crippen LogP contribution in [0.3, 0.4) is 0 Å². The van der Waals surface area contributed by atoms with Gasteiger partial charge >= 0.3 is 0 Å². The predicted molar refractivity (Wildman–Crippen MR) is 92.6 cm³/mol. The first-order chi connectivity index (χ1) is 10.2. The van der Waals surface area contributed by atoms with E-state index in [-0.39, 0.29) is 12.4 Å². The summed E-state index contributed by atoms with van der Waals surface area (Å²) in [5, 5.41) is 9.02. The molecule has 0 atom stereocenters. The highest BCUT2D eigenvalue weighted by atomic mass is 16.6. The average Bonchev–Trinajstić information content (AvgIpc) is 2.51. The molecule has 0 aliphatic carbocycles. The van der Waals surface area contributed by atoms with Crippen LogP contribution in [0.2, 0.25) is 0 Å². The molecule has 0 aliphatic heterocycles. The van der Waals surface area contributed by atoms with Crippen molar-refractivity contribution < 1.29 is 9.84 Å². The Balaban J connectivity index is 3.42. The zero-order valence-electron chi connectivity index (χ0n) is 15.0. The largest absolute Gasteiger partial charge is 0.371 e. The zero-order valence-corrected chi connectivity index (χ0v) is 15.0. The molecular weight excluding hydrogens is 260 g/mol. The number of hydrogen-bond acceptors (Lipinski definition) is 2. The maximum absolute atomic E-state index is 9.02. The summed E-state index contributed by atoms with van der Waals surface area (Å²) in [6, 6.07) is 0. The molecule has 0 saturated heterocycles. The molecule has 1 N–H and O–H groups in total. The lowest BCUT2D eigenvalue weighted by Gasteiger charge is -2.31. The molecule has 0 aromatic rings. The van der Waals surface area contributed by atoms with Gasteiger partial charge < -0.3 is 9.84 Å². The molecule has 0 aliphatic rings. The summed E-state index contributed by atoms with van der Waals surface area (Å²) in [6.45, 7) is 6.46. The molecule has 21 heavy (non-hydrogen) atoms. The minimum absolute atomic E-state index is 0.0754. The fraction of sp³-hybridized carbons (Fsp3) is 1.00.